The number of aromatic nitrogens is 1. The molecule has 16 heavy (non-hydrogen) atoms. The third-order valence-corrected chi connectivity index (χ3v) is 2.82. The summed E-state index contributed by atoms with van der Waals surface area (Å²) in [5.74, 6) is 0.367. The fourth-order valence-corrected chi connectivity index (χ4v) is 1.84. The Balaban J connectivity index is 2.10. The summed E-state index contributed by atoms with van der Waals surface area (Å²) in [5.41, 5.74) is 0.277. The van der Waals surface area contributed by atoms with Gasteiger partial charge in [-0.2, -0.15) is 0 Å². The monoisotopic (exact) mass is 225 g/mol. The molecule has 88 valence electrons. The van der Waals surface area contributed by atoms with E-state index in [1.807, 2.05) is 0 Å². The Morgan fingerprint density at radius 3 is 2.94 bits per heavy atom. The van der Waals surface area contributed by atoms with E-state index >= 15 is 0 Å². The molecule has 1 fully saturated rings. The summed E-state index contributed by atoms with van der Waals surface area (Å²) >= 11 is 0. The molecule has 0 aliphatic carbocycles. The first kappa shape index (κ1) is 11.1. The summed E-state index contributed by atoms with van der Waals surface area (Å²) in [5, 5.41) is 16.4. The topological polar surface area (TPSA) is 78.6 Å². The van der Waals surface area contributed by atoms with Crippen LogP contribution in [-0.4, -0.2) is 53.4 Å². The van der Waals surface area contributed by atoms with Gasteiger partial charge in [-0.05, 0) is 6.92 Å². The van der Waals surface area contributed by atoms with Crippen LogP contribution in [0.3, 0.4) is 0 Å². The first-order valence-corrected chi connectivity index (χ1v) is 5.19. The number of aryl methyl sites for hydroxylation is 1. The van der Waals surface area contributed by atoms with Gasteiger partial charge in [0.1, 0.15) is 5.76 Å². The number of carbonyl (C=O) groups is 1. The van der Waals surface area contributed by atoms with Crippen molar-refractivity contribution in [3.05, 3.63) is 17.5 Å². The first-order chi connectivity index (χ1) is 7.59. The predicted octanol–water partition coefficient (Wildman–Crippen LogP) is -0.612. The average molecular weight is 225 g/mol. The van der Waals surface area contributed by atoms with Gasteiger partial charge in [-0.15, -0.1) is 0 Å². The number of hydrogen-bond donors (Lipinski definition) is 2. The minimum Gasteiger partial charge on any atom is -0.390 e. The van der Waals surface area contributed by atoms with Crippen LogP contribution < -0.4 is 5.32 Å². The van der Waals surface area contributed by atoms with Crippen LogP contribution in [-0.2, 0) is 0 Å². The van der Waals surface area contributed by atoms with Crippen molar-refractivity contribution < 1.29 is 14.4 Å². The molecule has 0 spiro atoms. The number of nitrogens with one attached hydrogen (secondary N) is 1. The van der Waals surface area contributed by atoms with E-state index in [0.717, 1.165) is 0 Å². The maximum atomic E-state index is 12.0. The molecular formula is C10H15N3O3. The SMILES string of the molecule is Cc1cc(C(=O)N(C)C2CNCC2O)no1. The van der Waals surface area contributed by atoms with E-state index in [2.05, 4.69) is 10.5 Å². The molecule has 1 aromatic heterocycles. The Hall–Kier alpha value is -1.40. The van der Waals surface area contributed by atoms with E-state index in [1.165, 1.54) is 4.90 Å². The van der Waals surface area contributed by atoms with Crippen LogP contribution in [0.2, 0.25) is 0 Å². The van der Waals surface area contributed by atoms with Crippen LogP contribution >= 0.6 is 0 Å². The number of carbonyl (C=O) groups excluding carboxylic acids is 1. The highest BCUT2D eigenvalue weighted by molar-refractivity contribution is 5.92. The van der Waals surface area contributed by atoms with Crippen LogP contribution in [0.25, 0.3) is 0 Å². The molecular weight excluding hydrogens is 210 g/mol. The molecule has 0 aromatic carbocycles. The minimum atomic E-state index is -0.526. The maximum absolute atomic E-state index is 12.0. The van der Waals surface area contributed by atoms with E-state index in [9.17, 15) is 9.90 Å². The molecule has 2 heterocycles. The Kier molecular flexibility index (Phi) is 2.93. The summed E-state index contributed by atoms with van der Waals surface area (Å²) in [6, 6.07) is 1.39. The summed E-state index contributed by atoms with van der Waals surface area (Å²) in [6.07, 6.45) is -0.526. The van der Waals surface area contributed by atoms with Crippen LogP contribution in [0.15, 0.2) is 10.6 Å². The quantitative estimate of drug-likeness (QED) is 0.702. The van der Waals surface area contributed by atoms with Gasteiger partial charge in [0.15, 0.2) is 5.69 Å². The summed E-state index contributed by atoms with van der Waals surface area (Å²) in [7, 11) is 1.66. The van der Waals surface area contributed by atoms with Crippen molar-refractivity contribution in [2.24, 2.45) is 0 Å². The van der Waals surface area contributed by atoms with Gasteiger partial charge in [0.25, 0.3) is 5.91 Å². The van der Waals surface area contributed by atoms with Gasteiger partial charge in [-0.3, -0.25) is 4.79 Å². The lowest BCUT2D eigenvalue weighted by molar-refractivity contribution is 0.0572. The molecule has 1 aliphatic heterocycles. The fourth-order valence-electron chi connectivity index (χ4n) is 1.84. The second kappa shape index (κ2) is 4.23. The molecule has 1 amide bonds. The van der Waals surface area contributed by atoms with Crippen molar-refractivity contribution >= 4 is 5.91 Å². The molecule has 2 atom stereocenters. The van der Waals surface area contributed by atoms with Crippen LogP contribution in [0.4, 0.5) is 0 Å². The van der Waals surface area contributed by atoms with Gasteiger partial charge >= 0.3 is 0 Å². The lowest BCUT2D eigenvalue weighted by atomic mass is 10.2. The highest BCUT2D eigenvalue weighted by atomic mass is 16.5. The molecule has 0 saturated carbocycles. The molecule has 2 unspecified atom stereocenters. The number of aliphatic hydroxyl groups excluding tert-OH is 1. The second-order valence-electron chi connectivity index (χ2n) is 4.03. The van der Waals surface area contributed by atoms with Gasteiger partial charge in [-0.25, -0.2) is 0 Å². The number of hydrogen-bond acceptors (Lipinski definition) is 5. The molecule has 6 heteroatoms. The minimum absolute atomic E-state index is 0.204. The highest BCUT2D eigenvalue weighted by Crippen LogP contribution is 2.12. The molecule has 1 aromatic rings. The van der Waals surface area contributed by atoms with Crippen molar-refractivity contribution in [2.75, 3.05) is 20.1 Å². The molecule has 0 radical (unpaired) electrons. The Morgan fingerprint density at radius 1 is 1.69 bits per heavy atom. The van der Waals surface area contributed by atoms with Crippen molar-refractivity contribution in [1.82, 2.24) is 15.4 Å². The van der Waals surface area contributed by atoms with Crippen molar-refractivity contribution in [2.45, 2.75) is 19.1 Å². The van der Waals surface area contributed by atoms with Crippen molar-refractivity contribution in [1.29, 1.82) is 0 Å². The third-order valence-electron chi connectivity index (χ3n) is 2.82. The molecule has 6 nitrogen and oxygen atoms in total. The van der Waals surface area contributed by atoms with E-state index in [1.54, 1.807) is 20.0 Å². The number of nitrogens with zero attached hydrogens (tertiary/aromatic N) is 2. The molecule has 0 bridgehead atoms. The highest BCUT2D eigenvalue weighted by Gasteiger charge is 2.32. The lowest BCUT2D eigenvalue weighted by Gasteiger charge is -2.25. The molecule has 1 aliphatic rings. The van der Waals surface area contributed by atoms with Crippen molar-refractivity contribution in [3.8, 4) is 0 Å². The summed E-state index contributed by atoms with van der Waals surface area (Å²) in [4.78, 5) is 13.5. The van der Waals surface area contributed by atoms with E-state index in [4.69, 9.17) is 4.52 Å². The van der Waals surface area contributed by atoms with Crippen LogP contribution in [0.5, 0.6) is 0 Å². The number of β-amino-alcohol motifs (C(OH)–C–C–N with tert-alkyl or cyclic N) is 1. The van der Waals surface area contributed by atoms with E-state index in [0.29, 0.717) is 18.8 Å². The second-order valence-corrected chi connectivity index (χ2v) is 4.03. The van der Waals surface area contributed by atoms with Gasteiger partial charge in [-0.1, -0.05) is 5.16 Å². The van der Waals surface area contributed by atoms with Crippen LogP contribution in [0, 0.1) is 6.92 Å². The smallest absolute Gasteiger partial charge is 0.276 e. The number of aliphatic hydroxyl groups is 1. The van der Waals surface area contributed by atoms with Crippen LogP contribution in [0.1, 0.15) is 16.2 Å². The standard InChI is InChI=1S/C10H15N3O3/c1-6-3-7(12-16-6)10(15)13(2)8-4-11-5-9(8)14/h3,8-9,11,14H,4-5H2,1-2H3. The van der Waals surface area contributed by atoms with Crippen molar-refractivity contribution in [3.63, 3.8) is 0 Å². The van der Waals surface area contributed by atoms with E-state index in [-0.39, 0.29) is 17.6 Å². The zero-order valence-corrected chi connectivity index (χ0v) is 9.30. The Morgan fingerprint density at radius 2 is 2.44 bits per heavy atom. The Labute approximate surface area is 93.2 Å². The third kappa shape index (κ3) is 1.94. The molecule has 1 saturated heterocycles. The van der Waals surface area contributed by atoms with Gasteiger partial charge < -0.3 is 19.8 Å². The Bertz CT molecular complexity index is 390. The number of likely N-dealkylation sites (N-methyl/N-ethyl adjacent to an activating group) is 1. The molecule has 2 rings (SSSR count). The van der Waals surface area contributed by atoms with E-state index < -0.39 is 6.10 Å². The number of rotatable bonds is 2. The average Bonchev–Trinajstić information content (AvgIpc) is 2.85. The van der Waals surface area contributed by atoms with Gasteiger partial charge in [0, 0.05) is 26.2 Å². The number of amides is 1. The van der Waals surface area contributed by atoms with Gasteiger partial charge in [0.2, 0.25) is 0 Å². The molecule has 2 N–H and O–H groups in total. The summed E-state index contributed by atoms with van der Waals surface area (Å²) in [6.45, 7) is 2.84. The largest absolute Gasteiger partial charge is 0.390 e. The maximum Gasteiger partial charge on any atom is 0.276 e. The fraction of sp³-hybridized carbons (Fsp3) is 0.600. The van der Waals surface area contributed by atoms with Gasteiger partial charge in [0.05, 0.1) is 12.1 Å². The lowest BCUT2D eigenvalue weighted by Crippen LogP contribution is -2.44. The zero-order chi connectivity index (χ0) is 11.7. The zero-order valence-electron chi connectivity index (χ0n) is 9.30. The summed E-state index contributed by atoms with van der Waals surface area (Å²) < 4.78 is 4.85. The first-order valence-electron chi connectivity index (χ1n) is 5.19. The predicted molar refractivity (Wildman–Crippen MR) is 56.0 cm³/mol. The normalized spacial score (nSPS) is 24.7.